The molecule has 0 amide bonds. The number of anilines is 1. The Morgan fingerprint density at radius 2 is 1.73 bits per heavy atom. The molecular formula is C25H19Cl2F3N6O3S. The van der Waals surface area contributed by atoms with Crippen molar-refractivity contribution in [3.8, 4) is 5.69 Å². The van der Waals surface area contributed by atoms with Gasteiger partial charge in [-0.3, -0.25) is 18.8 Å². The molecule has 5 aromatic rings. The minimum Gasteiger partial charge on any atom is -0.321 e. The quantitative estimate of drug-likeness (QED) is 0.289. The molecule has 5 rings (SSSR count). The maximum absolute atomic E-state index is 14.4. The summed E-state index contributed by atoms with van der Waals surface area (Å²) in [4.78, 5) is 18.5. The number of hydrogen-bond donors (Lipinski definition) is 2. The van der Waals surface area contributed by atoms with Gasteiger partial charge in [-0.05, 0) is 48.4 Å². The van der Waals surface area contributed by atoms with Gasteiger partial charge in [-0.15, -0.1) is 0 Å². The highest BCUT2D eigenvalue weighted by molar-refractivity contribution is 7.92. The number of nitrogens with two attached hydrogens (primary N) is 1. The van der Waals surface area contributed by atoms with Crippen LogP contribution < -0.4 is 16.0 Å². The number of sulfonamides is 1. The molecule has 208 valence electrons. The minimum absolute atomic E-state index is 0.0400. The zero-order chi connectivity index (χ0) is 29.1. The van der Waals surface area contributed by atoms with Gasteiger partial charge in [0.2, 0.25) is 10.0 Å². The third-order valence-corrected chi connectivity index (χ3v) is 7.35. The molecule has 0 fully saturated rings. The first-order chi connectivity index (χ1) is 18.7. The van der Waals surface area contributed by atoms with Gasteiger partial charge in [-0.1, -0.05) is 23.2 Å². The number of halogens is 5. The highest BCUT2D eigenvalue weighted by Crippen LogP contribution is 2.35. The molecule has 9 nitrogen and oxygen atoms in total. The van der Waals surface area contributed by atoms with Crippen LogP contribution in [0, 0.1) is 17.5 Å². The molecule has 1 atom stereocenters. The summed E-state index contributed by atoms with van der Waals surface area (Å²) in [5, 5.41) is 3.78. The maximum atomic E-state index is 14.4. The molecule has 0 saturated heterocycles. The molecule has 0 saturated carbocycles. The van der Waals surface area contributed by atoms with Crippen LogP contribution in [0.25, 0.3) is 27.5 Å². The van der Waals surface area contributed by atoms with Crippen LogP contribution in [0.5, 0.6) is 0 Å². The van der Waals surface area contributed by atoms with Crippen molar-refractivity contribution < 1.29 is 21.6 Å². The number of hydrogen-bond acceptors (Lipinski definition) is 6. The van der Waals surface area contributed by atoms with Crippen molar-refractivity contribution in [2.24, 2.45) is 12.8 Å². The number of aryl methyl sites for hydroxylation is 1. The van der Waals surface area contributed by atoms with E-state index in [1.807, 2.05) is 0 Å². The summed E-state index contributed by atoms with van der Waals surface area (Å²) in [7, 11) is -2.27. The van der Waals surface area contributed by atoms with E-state index < -0.39 is 44.1 Å². The third-order valence-electron chi connectivity index (χ3n) is 6.10. The number of rotatable bonds is 6. The second kappa shape index (κ2) is 10.1. The van der Waals surface area contributed by atoms with E-state index in [0.717, 1.165) is 29.0 Å². The molecule has 0 aliphatic rings. The summed E-state index contributed by atoms with van der Waals surface area (Å²) < 4.78 is 70.8. The van der Waals surface area contributed by atoms with Crippen molar-refractivity contribution in [3.05, 3.63) is 91.7 Å². The number of aromatic nitrogens is 4. The SMILES string of the molecule is Cn1nc(NS(C)(=O)=O)c2c(Cl)ccc(-n3c(C(N)Cc4cc(F)cc(F)c4)nc4ccc(F)c(Cl)c4c3=O)c21. The van der Waals surface area contributed by atoms with E-state index in [4.69, 9.17) is 28.9 Å². The highest BCUT2D eigenvalue weighted by atomic mass is 35.5. The molecule has 3 N–H and O–H groups in total. The number of benzene rings is 3. The zero-order valence-electron chi connectivity index (χ0n) is 20.7. The van der Waals surface area contributed by atoms with E-state index in [9.17, 15) is 26.4 Å². The van der Waals surface area contributed by atoms with Crippen molar-refractivity contribution in [2.45, 2.75) is 12.5 Å². The standard InChI is InChI=1S/C25H19Cl2F3N6O3S/c1-35-22-18(6-3-14(26)19(22)23(33-35)34-40(2,38)39)36-24(16(31)9-11-7-12(28)10-13(29)8-11)32-17-5-4-15(30)21(27)20(17)25(36)37/h3-8,10,16H,9,31H2,1-2H3,(H,33,34). The fraction of sp³-hybridized carbons (Fsp3) is 0.160. The molecule has 1 unspecified atom stereocenters. The number of fused-ring (bicyclic) bond motifs is 2. The largest absolute Gasteiger partial charge is 0.321 e. The van der Waals surface area contributed by atoms with E-state index >= 15 is 0 Å². The molecule has 2 heterocycles. The Kier molecular flexibility index (Phi) is 7.03. The van der Waals surface area contributed by atoms with Gasteiger partial charge in [0.25, 0.3) is 5.56 Å². The maximum Gasteiger partial charge on any atom is 0.267 e. The molecule has 0 bridgehead atoms. The van der Waals surface area contributed by atoms with Gasteiger partial charge < -0.3 is 5.73 Å². The predicted molar refractivity (Wildman–Crippen MR) is 147 cm³/mol. The Labute approximate surface area is 235 Å². The van der Waals surface area contributed by atoms with Crippen LogP contribution in [0.3, 0.4) is 0 Å². The summed E-state index contributed by atoms with van der Waals surface area (Å²) in [6, 6.07) is 6.98. The van der Waals surface area contributed by atoms with Gasteiger partial charge in [-0.25, -0.2) is 26.6 Å². The van der Waals surface area contributed by atoms with E-state index in [2.05, 4.69) is 14.8 Å². The van der Waals surface area contributed by atoms with Gasteiger partial charge in [0.05, 0.1) is 49.8 Å². The lowest BCUT2D eigenvalue weighted by Gasteiger charge is -2.20. The lowest BCUT2D eigenvalue weighted by molar-refractivity contribution is 0.572. The molecule has 15 heteroatoms. The topological polar surface area (TPSA) is 125 Å². The molecule has 0 radical (unpaired) electrons. The van der Waals surface area contributed by atoms with Crippen molar-refractivity contribution in [2.75, 3.05) is 11.0 Å². The summed E-state index contributed by atoms with van der Waals surface area (Å²) in [6.07, 6.45) is 0.802. The predicted octanol–water partition coefficient (Wildman–Crippen LogP) is 4.61. The fourth-order valence-electron chi connectivity index (χ4n) is 4.57. The van der Waals surface area contributed by atoms with Crippen molar-refractivity contribution in [3.63, 3.8) is 0 Å². The molecular weight excluding hydrogens is 592 g/mol. The first-order valence-electron chi connectivity index (χ1n) is 11.5. The average Bonchev–Trinajstić information content (AvgIpc) is 3.16. The van der Waals surface area contributed by atoms with Crippen LogP contribution in [0.1, 0.15) is 17.4 Å². The van der Waals surface area contributed by atoms with Crippen LogP contribution in [0.15, 0.2) is 47.3 Å². The Balaban J connectivity index is 1.84. The van der Waals surface area contributed by atoms with Crippen LogP contribution in [0.2, 0.25) is 10.0 Å². The fourth-order valence-corrected chi connectivity index (χ4v) is 5.54. The van der Waals surface area contributed by atoms with Gasteiger partial charge in [-0.2, -0.15) is 5.10 Å². The number of nitrogens with one attached hydrogen (secondary N) is 1. The van der Waals surface area contributed by atoms with Crippen LogP contribution in [-0.2, 0) is 23.5 Å². The van der Waals surface area contributed by atoms with E-state index in [0.29, 0.717) is 6.07 Å². The van der Waals surface area contributed by atoms with Gasteiger partial charge in [0.1, 0.15) is 23.3 Å². The van der Waals surface area contributed by atoms with Gasteiger partial charge in [0, 0.05) is 13.1 Å². The molecule has 0 aliphatic carbocycles. The lowest BCUT2D eigenvalue weighted by Crippen LogP contribution is -2.30. The summed E-state index contributed by atoms with van der Waals surface area (Å²) >= 11 is 12.6. The molecule has 3 aromatic carbocycles. The van der Waals surface area contributed by atoms with Crippen molar-refractivity contribution >= 4 is 60.8 Å². The smallest absolute Gasteiger partial charge is 0.267 e. The Morgan fingerprint density at radius 3 is 2.38 bits per heavy atom. The Morgan fingerprint density at radius 1 is 1.05 bits per heavy atom. The number of nitrogens with zero attached hydrogens (tertiary/aromatic N) is 4. The molecule has 0 aliphatic heterocycles. The lowest BCUT2D eigenvalue weighted by atomic mass is 10.0. The van der Waals surface area contributed by atoms with Crippen LogP contribution >= 0.6 is 23.2 Å². The summed E-state index contributed by atoms with van der Waals surface area (Å²) in [5.74, 6) is -2.62. The third kappa shape index (κ3) is 5.01. The normalized spacial score (nSPS) is 12.8. The van der Waals surface area contributed by atoms with E-state index in [1.54, 1.807) is 0 Å². The van der Waals surface area contributed by atoms with E-state index in [-0.39, 0.29) is 56.1 Å². The van der Waals surface area contributed by atoms with Crippen LogP contribution in [-0.4, -0.2) is 34.0 Å². The van der Waals surface area contributed by atoms with Gasteiger partial charge >= 0.3 is 0 Å². The first kappa shape index (κ1) is 27.9. The monoisotopic (exact) mass is 610 g/mol. The molecule has 40 heavy (non-hydrogen) atoms. The van der Waals surface area contributed by atoms with Gasteiger partial charge in [0.15, 0.2) is 5.82 Å². The second-order valence-corrected chi connectivity index (χ2v) is 11.6. The molecule has 2 aromatic heterocycles. The Hall–Kier alpha value is -3.65. The van der Waals surface area contributed by atoms with Crippen molar-refractivity contribution in [1.29, 1.82) is 0 Å². The second-order valence-electron chi connectivity index (χ2n) is 9.09. The summed E-state index contributed by atoms with van der Waals surface area (Å²) in [6.45, 7) is 0. The minimum atomic E-state index is -3.77. The van der Waals surface area contributed by atoms with Crippen LogP contribution in [0.4, 0.5) is 19.0 Å². The zero-order valence-corrected chi connectivity index (χ0v) is 23.0. The molecule has 0 spiro atoms. The average molecular weight is 611 g/mol. The van der Waals surface area contributed by atoms with E-state index in [1.165, 1.54) is 29.9 Å². The Bertz CT molecular complexity index is 1990. The summed E-state index contributed by atoms with van der Waals surface area (Å²) in [5.41, 5.74) is 6.24. The highest BCUT2D eigenvalue weighted by Gasteiger charge is 2.26. The first-order valence-corrected chi connectivity index (χ1v) is 14.1. The van der Waals surface area contributed by atoms with Crippen molar-refractivity contribution in [1.82, 2.24) is 19.3 Å².